The second kappa shape index (κ2) is 3.56. The van der Waals surface area contributed by atoms with Crippen molar-refractivity contribution in [2.45, 2.75) is 6.04 Å². The third kappa shape index (κ3) is 2.07. The molecule has 0 spiro atoms. The van der Waals surface area contributed by atoms with Crippen LogP contribution < -0.4 is 5.73 Å². The lowest BCUT2D eigenvalue weighted by molar-refractivity contribution is 0.915. The summed E-state index contributed by atoms with van der Waals surface area (Å²) < 4.78 is 0. The van der Waals surface area contributed by atoms with E-state index in [0.717, 1.165) is 5.56 Å². The minimum absolute atomic E-state index is 0.117. The first-order valence-electron chi connectivity index (χ1n) is 3.37. The lowest BCUT2D eigenvalue weighted by Gasteiger charge is -2.05. The van der Waals surface area contributed by atoms with Gasteiger partial charge in [-0.2, -0.15) is 0 Å². The Labute approximate surface area is 71.5 Å². The molecule has 1 unspecified atom stereocenters. The maximum Gasteiger partial charge on any atom is 0.0479 e. The zero-order valence-corrected chi connectivity index (χ0v) is 6.88. The molecule has 0 saturated carbocycles. The molecule has 0 aliphatic heterocycles. The summed E-state index contributed by atoms with van der Waals surface area (Å²) in [7, 11) is 0. The van der Waals surface area contributed by atoms with Crippen LogP contribution in [0.25, 0.3) is 0 Å². The maximum atomic E-state index is 5.76. The molecule has 0 bridgehead atoms. The molecule has 2 N–H and O–H groups in total. The van der Waals surface area contributed by atoms with Crippen LogP contribution in [-0.2, 0) is 0 Å². The normalized spacial score (nSPS) is 12.5. The summed E-state index contributed by atoms with van der Waals surface area (Å²) in [6.07, 6.45) is 1.69. The lowest BCUT2D eigenvalue weighted by Crippen LogP contribution is -2.05. The highest BCUT2D eigenvalue weighted by molar-refractivity contribution is 6.30. The molecule has 0 radical (unpaired) electrons. The highest BCUT2D eigenvalue weighted by Crippen LogP contribution is 2.15. The van der Waals surface area contributed by atoms with Crippen LogP contribution in [0.2, 0.25) is 5.02 Å². The van der Waals surface area contributed by atoms with Crippen molar-refractivity contribution in [1.29, 1.82) is 0 Å². The van der Waals surface area contributed by atoms with E-state index in [1.54, 1.807) is 6.08 Å². The van der Waals surface area contributed by atoms with Crippen LogP contribution in [-0.4, -0.2) is 0 Å². The van der Waals surface area contributed by atoms with Crippen molar-refractivity contribution in [2.75, 3.05) is 0 Å². The van der Waals surface area contributed by atoms with Gasteiger partial charge in [-0.15, -0.1) is 6.58 Å². The van der Waals surface area contributed by atoms with Crippen molar-refractivity contribution < 1.29 is 0 Å². The van der Waals surface area contributed by atoms with Crippen LogP contribution in [0.3, 0.4) is 0 Å². The molecule has 58 valence electrons. The van der Waals surface area contributed by atoms with E-state index >= 15 is 0 Å². The zero-order valence-electron chi connectivity index (χ0n) is 6.13. The van der Waals surface area contributed by atoms with Crippen molar-refractivity contribution in [1.82, 2.24) is 0 Å². The first kappa shape index (κ1) is 8.31. The highest BCUT2D eigenvalue weighted by atomic mass is 35.5. The van der Waals surface area contributed by atoms with E-state index in [2.05, 4.69) is 6.58 Å². The Morgan fingerprint density at radius 1 is 1.55 bits per heavy atom. The highest BCUT2D eigenvalue weighted by Gasteiger charge is 1.99. The molecular formula is C9H10ClN. The predicted octanol–water partition coefficient (Wildman–Crippen LogP) is 2.53. The van der Waals surface area contributed by atoms with E-state index in [1.807, 2.05) is 24.3 Å². The molecule has 1 rings (SSSR count). The minimum atomic E-state index is -0.117. The van der Waals surface area contributed by atoms with Gasteiger partial charge >= 0.3 is 0 Å². The molecule has 1 aromatic carbocycles. The summed E-state index contributed by atoms with van der Waals surface area (Å²) in [4.78, 5) is 0. The van der Waals surface area contributed by atoms with Gasteiger partial charge in [-0.05, 0) is 17.7 Å². The van der Waals surface area contributed by atoms with Gasteiger partial charge in [-0.3, -0.25) is 0 Å². The second-order valence-corrected chi connectivity index (χ2v) is 2.75. The molecule has 2 heteroatoms. The van der Waals surface area contributed by atoms with Crippen molar-refractivity contribution in [2.24, 2.45) is 5.73 Å². The fourth-order valence-electron chi connectivity index (χ4n) is 0.850. The zero-order chi connectivity index (χ0) is 8.27. The number of hydrogen-bond acceptors (Lipinski definition) is 1. The first-order chi connectivity index (χ1) is 5.24. The Kier molecular flexibility index (Phi) is 2.69. The van der Waals surface area contributed by atoms with Gasteiger partial charge in [0.05, 0.1) is 0 Å². The summed E-state index contributed by atoms with van der Waals surface area (Å²) >= 11 is 5.76. The third-order valence-electron chi connectivity index (χ3n) is 1.49. The molecule has 1 aromatic rings. The Bertz CT molecular complexity index is 257. The molecule has 1 nitrogen and oxygen atoms in total. The van der Waals surface area contributed by atoms with Crippen molar-refractivity contribution in [3.8, 4) is 0 Å². The number of hydrogen-bond donors (Lipinski definition) is 1. The van der Waals surface area contributed by atoms with E-state index < -0.39 is 0 Å². The number of rotatable bonds is 2. The molecule has 0 aliphatic carbocycles. The van der Waals surface area contributed by atoms with Crippen molar-refractivity contribution in [3.05, 3.63) is 47.5 Å². The van der Waals surface area contributed by atoms with Gasteiger partial charge in [-0.25, -0.2) is 0 Å². The maximum absolute atomic E-state index is 5.76. The summed E-state index contributed by atoms with van der Waals surface area (Å²) in [6, 6.07) is 7.35. The average Bonchev–Trinajstić information content (AvgIpc) is 2.03. The SMILES string of the molecule is C=CC(N)c1cccc(Cl)c1. The smallest absolute Gasteiger partial charge is 0.0479 e. The van der Waals surface area contributed by atoms with Crippen LogP contribution in [0.5, 0.6) is 0 Å². The predicted molar refractivity (Wildman–Crippen MR) is 48.6 cm³/mol. The quantitative estimate of drug-likeness (QED) is 0.674. The minimum Gasteiger partial charge on any atom is -0.321 e. The Morgan fingerprint density at radius 3 is 2.82 bits per heavy atom. The van der Waals surface area contributed by atoms with Gasteiger partial charge < -0.3 is 5.73 Å². The second-order valence-electron chi connectivity index (χ2n) is 2.32. The summed E-state index contributed by atoms with van der Waals surface area (Å²) in [5.74, 6) is 0. The summed E-state index contributed by atoms with van der Waals surface area (Å²) in [6.45, 7) is 3.60. The Balaban J connectivity index is 2.95. The molecule has 0 saturated heterocycles. The number of benzene rings is 1. The standard InChI is InChI=1S/C9H10ClN/c1-2-9(11)7-4-3-5-8(10)6-7/h2-6,9H,1,11H2. The van der Waals surface area contributed by atoms with Gasteiger partial charge in [0.25, 0.3) is 0 Å². The van der Waals surface area contributed by atoms with Crippen LogP contribution >= 0.6 is 11.6 Å². The molecule has 1 atom stereocenters. The first-order valence-corrected chi connectivity index (χ1v) is 3.75. The van der Waals surface area contributed by atoms with Gasteiger partial charge in [0.1, 0.15) is 0 Å². The topological polar surface area (TPSA) is 26.0 Å². The van der Waals surface area contributed by atoms with Gasteiger partial charge in [0, 0.05) is 11.1 Å². The molecule has 0 heterocycles. The Morgan fingerprint density at radius 2 is 2.27 bits per heavy atom. The van der Waals surface area contributed by atoms with E-state index in [4.69, 9.17) is 17.3 Å². The number of halogens is 1. The van der Waals surface area contributed by atoms with Gasteiger partial charge in [0.2, 0.25) is 0 Å². The van der Waals surface area contributed by atoms with Crippen molar-refractivity contribution >= 4 is 11.6 Å². The number of nitrogens with two attached hydrogens (primary N) is 1. The van der Waals surface area contributed by atoms with Crippen LogP contribution in [0.4, 0.5) is 0 Å². The van der Waals surface area contributed by atoms with E-state index in [9.17, 15) is 0 Å². The monoisotopic (exact) mass is 167 g/mol. The largest absolute Gasteiger partial charge is 0.321 e. The summed E-state index contributed by atoms with van der Waals surface area (Å²) in [5.41, 5.74) is 6.68. The molecule has 0 fully saturated rings. The molecular weight excluding hydrogens is 158 g/mol. The molecule has 0 aliphatic rings. The van der Waals surface area contributed by atoms with Crippen LogP contribution in [0.15, 0.2) is 36.9 Å². The van der Waals surface area contributed by atoms with Crippen LogP contribution in [0, 0.1) is 0 Å². The fraction of sp³-hybridized carbons (Fsp3) is 0.111. The van der Waals surface area contributed by atoms with Crippen LogP contribution in [0.1, 0.15) is 11.6 Å². The fourth-order valence-corrected chi connectivity index (χ4v) is 1.05. The summed E-state index contributed by atoms with van der Waals surface area (Å²) in [5, 5.41) is 0.708. The van der Waals surface area contributed by atoms with Gasteiger partial charge in [-0.1, -0.05) is 29.8 Å². The van der Waals surface area contributed by atoms with Crippen molar-refractivity contribution in [3.63, 3.8) is 0 Å². The van der Waals surface area contributed by atoms with E-state index in [1.165, 1.54) is 0 Å². The molecule has 0 aromatic heterocycles. The lowest BCUT2D eigenvalue weighted by atomic mass is 10.1. The van der Waals surface area contributed by atoms with E-state index in [0.29, 0.717) is 5.02 Å². The Hall–Kier alpha value is -0.790. The van der Waals surface area contributed by atoms with Gasteiger partial charge in [0.15, 0.2) is 0 Å². The van der Waals surface area contributed by atoms with E-state index in [-0.39, 0.29) is 6.04 Å². The molecule has 11 heavy (non-hydrogen) atoms. The average molecular weight is 168 g/mol. The third-order valence-corrected chi connectivity index (χ3v) is 1.72. The molecule has 0 amide bonds.